The molecule has 216 valence electrons. The van der Waals surface area contributed by atoms with Gasteiger partial charge in [0.25, 0.3) is 5.91 Å². The van der Waals surface area contributed by atoms with E-state index in [0.29, 0.717) is 30.3 Å². The molecule has 3 rings (SSSR count). The standard InChI is InChI=1S/C29H42N4O3S2.ClH/c1-7-9-19-32(20-10-8-2)38(35,36)25-15-13-24(14-16-25)28(34)33(21-11-18-31(5)6)29-30-27-23(4)22(3)12-17-26(27)37-29;/h12-17H,7-11,18-21H2,1-6H3;1H. The average molecular weight is 595 g/mol. The van der Waals surface area contributed by atoms with Gasteiger partial charge in [0.15, 0.2) is 5.13 Å². The molecule has 2 aromatic carbocycles. The number of unbranched alkanes of at least 4 members (excludes halogenated alkanes) is 2. The third kappa shape index (κ3) is 8.24. The normalized spacial score (nSPS) is 11.8. The minimum absolute atomic E-state index is 0. The summed E-state index contributed by atoms with van der Waals surface area (Å²) in [6.45, 7) is 10.6. The highest BCUT2D eigenvalue weighted by atomic mass is 35.5. The van der Waals surface area contributed by atoms with Gasteiger partial charge in [0, 0.05) is 25.2 Å². The molecule has 39 heavy (non-hydrogen) atoms. The molecule has 7 nitrogen and oxygen atoms in total. The van der Waals surface area contributed by atoms with Gasteiger partial charge in [0.1, 0.15) is 0 Å². The van der Waals surface area contributed by atoms with Crippen molar-refractivity contribution in [1.29, 1.82) is 0 Å². The number of aromatic nitrogens is 1. The molecule has 1 heterocycles. The van der Waals surface area contributed by atoms with Crippen molar-refractivity contribution in [2.45, 2.75) is 64.7 Å². The Bertz CT molecular complexity index is 1320. The molecule has 0 fully saturated rings. The molecule has 1 aromatic heterocycles. The van der Waals surface area contributed by atoms with Gasteiger partial charge in [0.2, 0.25) is 10.0 Å². The van der Waals surface area contributed by atoms with E-state index in [1.807, 2.05) is 14.1 Å². The number of amides is 1. The lowest BCUT2D eigenvalue weighted by Gasteiger charge is -2.23. The first kappa shape index (κ1) is 33.2. The monoisotopic (exact) mass is 594 g/mol. The van der Waals surface area contributed by atoms with E-state index in [0.717, 1.165) is 54.4 Å². The smallest absolute Gasteiger partial charge is 0.260 e. The highest BCUT2D eigenvalue weighted by molar-refractivity contribution is 7.89. The van der Waals surface area contributed by atoms with Crippen LogP contribution in [0.4, 0.5) is 5.13 Å². The van der Waals surface area contributed by atoms with Crippen molar-refractivity contribution in [1.82, 2.24) is 14.2 Å². The van der Waals surface area contributed by atoms with E-state index >= 15 is 0 Å². The van der Waals surface area contributed by atoms with Gasteiger partial charge in [0.05, 0.1) is 15.1 Å². The van der Waals surface area contributed by atoms with Crippen LogP contribution < -0.4 is 4.90 Å². The molecule has 0 saturated carbocycles. The summed E-state index contributed by atoms with van der Waals surface area (Å²) in [6.07, 6.45) is 4.30. The Morgan fingerprint density at radius 3 is 2.05 bits per heavy atom. The van der Waals surface area contributed by atoms with Gasteiger partial charge >= 0.3 is 0 Å². The number of anilines is 1. The number of nitrogens with zero attached hydrogens (tertiary/aromatic N) is 4. The van der Waals surface area contributed by atoms with Crippen molar-refractivity contribution in [3.05, 3.63) is 53.1 Å². The predicted octanol–water partition coefficient (Wildman–Crippen LogP) is 6.52. The van der Waals surface area contributed by atoms with Crippen LogP contribution in [0.3, 0.4) is 0 Å². The maximum absolute atomic E-state index is 13.7. The molecule has 0 bridgehead atoms. The second-order valence-electron chi connectivity index (χ2n) is 10.1. The highest BCUT2D eigenvalue weighted by Crippen LogP contribution is 2.33. The molecule has 0 aliphatic rings. The number of sulfonamides is 1. The minimum atomic E-state index is -3.62. The van der Waals surface area contributed by atoms with Crippen LogP contribution in [0.1, 0.15) is 67.4 Å². The van der Waals surface area contributed by atoms with Crippen LogP contribution in [0.2, 0.25) is 0 Å². The van der Waals surface area contributed by atoms with Gasteiger partial charge in [-0.3, -0.25) is 9.69 Å². The SMILES string of the molecule is CCCCN(CCCC)S(=O)(=O)c1ccc(C(=O)N(CCCN(C)C)c2nc3c(C)c(C)ccc3s2)cc1.Cl. The first-order valence-electron chi connectivity index (χ1n) is 13.5. The van der Waals surface area contributed by atoms with E-state index in [4.69, 9.17) is 4.98 Å². The van der Waals surface area contributed by atoms with Gasteiger partial charge in [-0.15, -0.1) is 12.4 Å². The molecule has 0 spiro atoms. The molecule has 0 saturated heterocycles. The molecule has 0 atom stereocenters. The second kappa shape index (κ2) is 15.1. The van der Waals surface area contributed by atoms with Gasteiger partial charge in [-0.05, 0) is 95.2 Å². The lowest BCUT2D eigenvalue weighted by Crippen LogP contribution is -2.34. The fourth-order valence-corrected chi connectivity index (χ4v) is 6.82. The van der Waals surface area contributed by atoms with Crippen molar-refractivity contribution >= 4 is 55.0 Å². The first-order chi connectivity index (χ1) is 18.1. The van der Waals surface area contributed by atoms with Crippen molar-refractivity contribution < 1.29 is 13.2 Å². The van der Waals surface area contributed by atoms with Crippen LogP contribution in [0.15, 0.2) is 41.3 Å². The number of halogens is 1. The topological polar surface area (TPSA) is 73.8 Å². The molecule has 0 unspecified atom stereocenters. The largest absolute Gasteiger partial charge is 0.309 e. The number of carbonyl (C=O) groups excluding carboxylic acids is 1. The number of benzene rings is 2. The zero-order valence-corrected chi connectivity index (χ0v) is 26.5. The van der Waals surface area contributed by atoms with E-state index in [-0.39, 0.29) is 23.2 Å². The number of thiazole rings is 1. The van der Waals surface area contributed by atoms with Crippen LogP contribution in [0.25, 0.3) is 10.2 Å². The third-order valence-electron chi connectivity index (χ3n) is 6.80. The molecule has 0 aliphatic carbocycles. The highest BCUT2D eigenvalue weighted by Gasteiger charge is 2.26. The second-order valence-corrected chi connectivity index (χ2v) is 13.0. The molecular formula is C29H43ClN4O3S2. The van der Waals surface area contributed by atoms with E-state index in [1.165, 1.54) is 16.9 Å². The Kier molecular flexibility index (Phi) is 12.8. The van der Waals surface area contributed by atoms with Gasteiger partial charge in [-0.25, -0.2) is 13.4 Å². The first-order valence-corrected chi connectivity index (χ1v) is 15.8. The Balaban J connectivity index is 0.00000533. The molecule has 0 radical (unpaired) electrons. The van der Waals surface area contributed by atoms with Crippen LogP contribution in [0, 0.1) is 13.8 Å². The van der Waals surface area contributed by atoms with Crippen molar-refractivity contribution in [3.8, 4) is 0 Å². The van der Waals surface area contributed by atoms with E-state index in [9.17, 15) is 13.2 Å². The van der Waals surface area contributed by atoms with Crippen LogP contribution in [-0.2, 0) is 10.0 Å². The van der Waals surface area contributed by atoms with E-state index in [2.05, 4.69) is 44.7 Å². The number of hydrogen-bond acceptors (Lipinski definition) is 6. The number of carbonyl (C=O) groups is 1. The maximum atomic E-state index is 13.7. The number of rotatable bonds is 14. The quantitative estimate of drug-likeness (QED) is 0.212. The summed E-state index contributed by atoms with van der Waals surface area (Å²) < 4.78 is 29.4. The number of hydrogen-bond donors (Lipinski definition) is 0. The van der Waals surface area contributed by atoms with E-state index < -0.39 is 10.0 Å². The Hall–Kier alpha value is -2.04. The van der Waals surface area contributed by atoms with Gasteiger partial charge in [-0.2, -0.15) is 4.31 Å². The summed E-state index contributed by atoms with van der Waals surface area (Å²) >= 11 is 1.51. The summed E-state index contributed by atoms with van der Waals surface area (Å²) in [5, 5.41) is 0.666. The summed E-state index contributed by atoms with van der Waals surface area (Å²) in [5.41, 5.74) is 3.67. The van der Waals surface area contributed by atoms with Crippen molar-refractivity contribution in [2.24, 2.45) is 0 Å². The lowest BCUT2D eigenvalue weighted by atomic mass is 10.1. The Morgan fingerprint density at radius 1 is 0.872 bits per heavy atom. The van der Waals surface area contributed by atoms with E-state index in [1.54, 1.807) is 33.5 Å². The summed E-state index contributed by atoms with van der Waals surface area (Å²) in [4.78, 5) is 22.7. The fraction of sp³-hybridized carbons (Fsp3) is 0.517. The Labute approximate surface area is 244 Å². The molecule has 3 aromatic rings. The van der Waals surface area contributed by atoms with Crippen molar-refractivity contribution in [2.75, 3.05) is 45.2 Å². The zero-order valence-electron chi connectivity index (χ0n) is 24.1. The molecule has 0 N–H and O–H groups in total. The van der Waals surface area contributed by atoms with Gasteiger partial charge < -0.3 is 4.90 Å². The summed E-state index contributed by atoms with van der Waals surface area (Å²) in [7, 11) is 0.409. The number of aryl methyl sites for hydroxylation is 2. The zero-order chi connectivity index (χ0) is 27.9. The molecular weight excluding hydrogens is 552 g/mol. The number of fused-ring (bicyclic) bond motifs is 1. The maximum Gasteiger partial charge on any atom is 0.260 e. The minimum Gasteiger partial charge on any atom is -0.309 e. The molecule has 10 heteroatoms. The van der Waals surface area contributed by atoms with Crippen molar-refractivity contribution in [3.63, 3.8) is 0 Å². The summed E-state index contributed by atoms with van der Waals surface area (Å²) in [6, 6.07) is 10.5. The van der Waals surface area contributed by atoms with Crippen LogP contribution >= 0.6 is 23.7 Å². The van der Waals surface area contributed by atoms with Crippen LogP contribution in [-0.4, -0.2) is 68.8 Å². The predicted molar refractivity (Wildman–Crippen MR) is 166 cm³/mol. The molecule has 0 aliphatic heterocycles. The third-order valence-corrected chi connectivity index (χ3v) is 9.75. The fourth-order valence-electron chi connectivity index (χ4n) is 4.25. The average Bonchev–Trinajstić information content (AvgIpc) is 3.33. The summed E-state index contributed by atoms with van der Waals surface area (Å²) in [5.74, 6) is -0.171. The van der Waals surface area contributed by atoms with Crippen LogP contribution in [0.5, 0.6) is 0 Å². The van der Waals surface area contributed by atoms with Gasteiger partial charge in [-0.1, -0.05) is 44.1 Å². The lowest BCUT2D eigenvalue weighted by molar-refractivity contribution is 0.0986. The molecule has 1 amide bonds. The Morgan fingerprint density at radius 2 is 1.49 bits per heavy atom.